The molecule has 0 amide bonds. The maximum absolute atomic E-state index is 5.92. The van der Waals surface area contributed by atoms with Crippen molar-refractivity contribution in [2.75, 3.05) is 6.54 Å². The van der Waals surface area contributed by atoms with Gasteiger partial charge in [0.25, 0.3) is 0 Å². The first-order valence-electron chi connectivity index (χ1n) is 5.90. The second-order valence-electron chi connectivity index (χ2n) is 4.49. The van der Waals surface area contributed by atoms with Gasteiger partial charge in [0.2, 0.25) is 0 Å². The molecule has 0 fully saturated rings. The first kappa shape index (κ1) is 11.9. The summed E-state index contributed by atoms with van der Waals surface area (Å²) in [5.41, 5.74) is 10.7. The lowest BCUT2D eigenvalue weighted by Gasteiger charge is -2.19. The smallest absolute Gasteiger partial charge is 0.0957 e. The molecule has 1 aromatic carbocycles. The number of aromatic nitrogens is 2. The molecule has 3 heteroatoms. The summed E-state index contributed by atoms with van der Waals surface area (Å²) in [4.78, 5) is 4.34. The highest BCUT2D eigenvalue weighted by atomic mass is 15.1. The van der Waals surface area contributed by atoms with E-state index in [1.54, 1.807) is 0 Å². The molecule has 0 radical (unpaired) electrons. The van der Waals surface area contributed by atoms with Gasteiger partial charge in [0, 0.05) is 12.2 Å². The maximum atomic E-state index is 5.92. The van der Waals surface area contributed by atoms with Gasteiger partial charge in [-0.25, -0.2) is 4.98 Å². The van der Waals surface area contributed by atoms with Crippen LogP contribution >= 0.6 is 0 Å². The molecule has 1 aromatic heterocycles. The third-order valence-corrected chi connectivity index (χ3v) is 3.27. The Bertz CT molecular complexity index is 514. The van der Waals surface area contributed by atoms with Crippen LogP contribution < -0.4 is 5.73 Å². The van der Waals surface area contributed by atoms with Crippen molar-refractivity contribution < 1.29 is 0 Å². The number of nitrogens with zero attached hydrogens (tertiary/aromatic N) is 2. The normalized spacial score (nSPS) is 12.7. The lowest BCUT2D eigenvalue weighted by Crippen LogP contribution is -2.21. The maximum Gasteiger partial charge on any atom is 0.0957 e. The number of nitrogens with two attached hydrogens (primary N) is 1. The van der Waals surface area contributed by atoms with Gasteiger partial charge in [-0.3, -0.25) is 0 Å². The molecular formula is C14H19N3. The molecule has 0 bridgehead atoms. The summed E-state index contributed by atoms with van der Waals surface area (Å²) < 4.78 is 2.16. The van der Waals surface area contributed by atoms with Crippen molar-refractivity contribution in [3.05, 3.63) is 53.1 Å². The van der Waals surface area contributed by atoms with Crippen LogP contribution in [0.5, 0.6) is 0 Å². The van der Waals surface area contributed by atoms with Crippen LogP contribution in [0.25, 0.3) is 0 Å². The number of benzene rings is 1. The quantitative estimate of drug-likeness (QED) is 0.878. The predicted octanol–water partition coefficient (Wildman–Crippen LogP) is 2.36. The summed E-state index contributed by atoms with van der Waals surface area (Å²) in [5, 5.41) is 0. The molecule has 1 unspecified atom stereocenters. The van der Waals surface area contributed by atoms with Crippen molar-refractivity contribution in [1.82, 2.24) is 9.55 Å². The average Bonchev–Trinajstić information content (AvgIpc) is 2.63. The summed E-state index contributed by atoms with van der Waals surface area (Å²) in [6, 6.07) is 8.66. The van der Waals surface area contributed by atoms with Gasteiger partial charge in [-0.1, -0.05) is 29.8 Å². The molecular weight excluding hydrogens is 210 g/mol. The molecule has 0 saturated heterocycles. The first-order chi connectivity index (χ1) is 8.13. The number of aryl methyl sites for hydroxylation is 2. The van der Waals surface area contributed by atoms with E-state index in [1.807, 2.05) is 13.3 Å². The molecule has 1 atom stereocenters. The summed E-state index contributed by atoms with van der Waals surface area (Å²) >= 11 is 0. The number of imidazole rings is 1. The van der Waals surface area contributed by atoms with Crippen LogP contribution in [0.3, 0.4) is 0 Å². The molecule has 1 heterocycles. The Kier molecular flexibility index (Phi) is 3.29. The van der Waals surface area contributed by atoms with Gasteiger partial charge in [0.05, 0.1) is 18.1 Å². The van der Waals surface area contributed by atoms with Crippen LogP contribution in [0.4, 0.5) is 0 Å². The van der Waals surface area contributed by atoms with Gasteiger partial charge in [0.15, 0.2) is 0 Å². The largest absolute Gasteiger partial charge is 0.328 e. The van der Waals surface area contributed by atoms with E-state index in [0.717, 1.165) is 5.69 Å². The molecule has 2 N–H and O–H groups in total. The highest BCUT2D eigenvalue weighted by Crippen LogP contribution is 2.21. The molecule has 17 heavy (non-hydrogen) atoms. The third-order valence-electron chi connectivity index (χ3n) is 3.27. The number of hydrogen-bond donors (Lipinski definition) is 1. The highest BCUT2D eigenvalue weighted by Gasteiger charge is 2.14. The van der Waals surface area contributed by atoms with Gasteiger partial charge in [-0.05, 0) is 26.3 Å². The molecule has 2 aromatic rings. The fraction of sp³-hybridized carbons (Fsp3) is 0.357. The Balaban J connectivity index is 2.44. The molecule has 0 saturated carbocycles. The third kappa shape index (κ3) is 2.24. The zero-order chi connectivity index (χ0) is 12.4. The topological polar surface area (TPSA) is 43.8 Å². The Morgan fingerprint density at radius 3 is 2.59 bits per heavy atom. The fourth-order valence-electron chi connectivity index (χ4n) is 2.12. The summed E-state index contributed by atoms with van der Waals surface area (Å²) in [5.74, 6) is 0. The van der Waals surface area contributed by atoms with Crippen molar-refractivity contribution in [2.45, 2.75) is 26.8 Å². The second-order valence-corrected chi connectivity index (χ2v) is 4.49. The van der Waals surface area contributed by atoms with Gasteiger partial charge in [-0.15, -0.1) is 0 Å². The van der Waals surface area contributed by atoms with E-state index in [1.165, 1.54) is 16.8 Å². The monoisotopic (exact) mass is 229 g/mol. The van der Waals surface area contributed by atoms with E-state index in [4.69, 9.17) is 5.73 Å². The fourth-order valence-corrected chi connectivity index (χ4v) is 2.12. The van der Waals surface area contributed by atoms with E-state index in [2.05, 4.69) is 47.7 Å². The van der Waals surface area contributed by atoms with Gasteiger partial charge >= 0.3 is 0 Å². The minimum Gasteiger partial charge on any atom is -0.328 e. The van der Waals surface area contributed by atoms with E-state index in [9.17, 15) is 0 Å². The van der Waals surface area contributed by atoms with Crippen molar-refractivity contribution >= 4 is 0 Å². The summed E-state index contributed by atoms with van der Waals surface area (Å²) in [7, 11) is 0. The van der Waals surface area contributed by atoms with Crippen LogP contribution in [0, 0.1) is 20.8 Å². The minimum absolute atomic E-state index is 0.177. The minimum atomic E-state index is 0.177. The van der Waals surface area contributed by atoms with E-state index >= 15 is 0 Å². The molecule has 2 rings (SSSR count). The molecule has 0 aliphatic heterocycles. The van der Waals surface area contributed by atoms with Gasteiger partial charge < -0.3 is 10.3 Å². The van der Waals surface area contributed by atoms with Crippen molar-refractivity contribution in [1.29, 1.82) is 0 Å². The molecule has 0 spiro atoms. The van der Waals surface area contributed by atoms with Crippen molar-refractivity contribution in [3.8, 4) is 0 Å². The zero-order valence-corrected chi connectivity index (χ0v) is 10.6. The zero-order valence-electron chi connectivity index (χ0n) is 10.6. The summed E-state index contributed by atoms with van der Waals surface area (Å²) in [6.07, 6.45) is 1.88. The lowest BCUT2D eigenvalue weighted by atomic mass is 10.0. The summed E-state index contributed by atoms with van der Waals surface area (Å²) in [6.45, 7) is 6.79. The molecule has 0 aliphatic carbocycles. The van der Waals surface area contributed by atoms with Crippen LogP contribution in [0.15, 0.2) is 30.6 Å². The van der Waals surface area contributed by atoms with Crippen molar-refractivity contribution in [2.24, 2.45) is 5.73 Å². The van der Waals surface area contributed by atoms with Crippen LogP contribution in [0.1, 0.15) is 28.6 Å². The predicted molar refractivity (Wildman–Crippen MR) is 70.1 cm³/mol. The number of hydrogen-bond acceptors (Lipinski definition) is 2. The number of rotatable bonds is 3. The van der Waals surface area contributed by atoms with Crippen LogP contribution in [-0.2, 0) is 0 Å². The van der Waals surface area contributed by atoms with Crippen molar-refractivity contribution in [3.63, 3.8) is 0 Å². The Morgan fingerprint density at radius 2 is 2.06 bits per heavy atom. The van der Waals surface area contributed by atoms with E-state index < -0.39 is 0 Å². The Hall–Kier alpha value is -1.61. The first-order valence-corrected chi connectivity index (χ1v) is 5.90. The molecule has 90 valence electrons. The van der Waals surface area contributed by atoms with Gasteiger partial charge in [-0.2, -0.15) is 0 Å². The highest BCUT2D eigenvalue weighted by molar-refractivity contribution is 5.27. The second kappa shape index (κ2) is 4.72. The average molecular weight is 229 g/mol. The van der Waals surface area contributed by atoms with E-state index in [0.29, 0.717) is 6.54 Å². The Morgan fingerprint density at radius 1 is 1.29 bits per heavy atom. The van der Waals surface area contributed by atoms with Gasteiger partial charge in [0.1, 0.15) is 0 Å². The Labute approximate surface area is 102 Å². The molecule has 3 nitrogen and oxygen atoms in total. The SMILES string of the molecule is Cc1cccc(C(CN)n2cnc(C)c2C)c1. The lowest BCUT2D eigenvalue weighted by molar-refractivity contribution is 0.580. The van der Waals surface area contributed by atoms with Crippen LogP contribution in [0.2, 0.25) is 0 Å². The standard InChI is InChI=1S/C14H19N3/c1-10-5-4-6-13(7-10)14(8-15)17-9-16-11(2)12(17)3/h4-7,9,14H,8,15H2,1-3H3. The van der Waals surface area contributed by atoms with E-state index in [-0.39, 0.29) is 6.04 Å². The molecule has 0 aliphatic rings. The van der Waals surface area contributed by atoms with Crippen LogP contribution in [-0.4, -0.2) is 16.1 Å².